The fraction of sp³-hybridized carbons (Fsp3) is 0.900. The first-order valence-corrected chi connectivity index (χ1v) is 5.44. The summed E-state index contributed by atoms with van der Waals surface area (Å²) in [5.74, 6) is 0.299. The van der Waals surface area contributed by atoms with Crippen LogP contribution in [0.1, 0.15) is 13.8 Å². The van der Waals surface area contributed by atoms with Crippen molar-refractivity contribution in [3.8, 4) is 0 Å². The van der Waals surface area contributed by atoms with E-state index >= 15 is 0 Å². The Bertz CT molecular complexity index is 217. The van der Waals surface area contributed by atoms with Gasteiger partial charge in [0.05, 0.1) is 6.04 Å². The second-order valence-corrected chi connectivity index (χ2v) is 4.42. The number of carbonyl (C=O) groups is 1. The minimum Gasteiger partial charge on any atom is -0.339 e. The zero-order valence-electron chi connectivity index (χ0n) is 8.99. The molecule has 2 heterocycles. The van der Waals surface area contributed by atoms with Gasteiger partial charge in [-0.2, -0.15) is 0 Å². The molecular formula is C10H19N3O. The Kier molecular flexibility index (Phi) is 2.74. The van der Waals surface area contributed by atoms with Gasteiger partial charge in [-0.3, -0.25) is 9.69 Å². The fourth-order valence-electron chi connectivity index (χ4n) is 1.91. The maximum Gasteiger partial charge on any atom is 0.241 e. The van der Waals surface area contributed by atoms with Crippen molar-refractivity contribution in [2.45, 2.75) is 25.9 Å². The zero-order valence-corrected chi connectivity index (χ0v) is 8.99. The number of nitrogens with one attached hydrogen (secondary N) is 1. The third kappa shape index (κ3) is 2.07. The second-order valence-electron chi connectivity index (χ2n) is 4.42. The molecule has 0 aromatic heterocycles. The monoisotopic (exact) mass is 197 g/mol. The lowest BCUT2D eigenvalue weighted by Gasteiger charge is -2.36. The van der Waals surface area contributed by atoms with Crippen LogP contribution in [0.4, 0.5) is 0 Å². The van der Waals surface area contributed by atoms with E-state index in [1.807, 2.05) is 4.90 Å². The van der Waals surface area contributed by atoms with E-state index in [9.17, 15) is 4.79 Å². The smallest absolute Gasteiger partial charge is 0.241 e. The molecule has 0 aromatic carbocycles. The molecule has 0 bridgehead atoms. The van der Waals surface area contributed by atoms with Crippen LogP contribution < -0.4 is 5.32 Å². The first kappa shape index (κ1) is 9.93. The van der Waals surface area contributed by atoms with E-state index in [1.165, 1.54) is 0 Å². The van der Waals surface area contributed by atoms with E-state index in [1.54, 1.807) is 0 Å². The Labute approximate surface area is 85.2 Å². The molecule has 1 amide bonds. The SMILES string of the molecule is CC(C)N1CCN(C(=O)C2CN2)CC1. The number of amides is 1. The quantitative estimate of drug-likeness (QED) is 0.608. The maximum absolute atomic E-state index is 11.7. The predicted molar refractivity (Wildman–Crippen MR) is 55.1 cm³/mol. The number of hydrogen-bond acceptors (Lipinski definition) is 3. The van der Waals surface area contributed by atoms with Gasteiger partial charge in [-0.05, 0) is 13.8 Å². The van der Waals surface area contributed by atoms with E-state index < -0.39 is 0 Å². The molecule has 0 saturated carbocycles. The number of rotatable bonds is 2. The van der Waals surface area contributed by atoms with Crippen LogP contribution in [0.15, 0.2) is 0 Å². The van der Waals surface area contributed by atoms with Crippen LogP contribution in [-0.2, 0) is 4.79 Å². The second kappa shape index (κ2) is 3.87. The summed E-state index contributed by atoms with van der Waals surface area (Å²) in [6.07, 6.45) is 0. The minimum absolute atomic E-state index is 0.139. The summed E-state index contributed by atoms with van der Waals surface area (Å²) in [5.41, 5.74) is 0. The molecule has 1 atom stereocenters. The fourth-order valence-corrected chi connectivity index (χ4v) is 1.91. The standard InChI is InChI=1S/C10H19N3O/c1-8(2)12-3-5-13(6-4-12)10(14)9-7-11-9/h8-9,11H,3-7H2,1-2H3. The molecule has 0 radical (unpaired) electrons. The van der Waals surface area contributed by atoms with Gasteiger partial charge in [0.25, 0.3) is 0 Å². The summed E-state index contributed by atoms with van der Waals surface area (Å²) in [6.45, 7) is 9.14. The van der Waals surface area contributed by atoms with Gasteiger partial charge in [0, 0.05) is 38.8 Å². The van der Waals surface area contributed by atoms with E-state index in [2.05, 4.69) is 24.1 Å². The Balaban J connectivity index is 1.80. The summed E-state index contributed by atoms with van der Waals surface area (Å²) in [4.78, 5) is 16.1. The van der Waals surface area contributed by atoms with E-state index in [0.717, 1.165) is 32.7 Å². The first-order valence-electron chi connectivity index (χ1n) is 5.44. The first-order chi connectivity index (χ1) is 6.68. The van der Waals surface area contributed by atoms with E-state index in [0.29, 0.717) is 11.9 Å². The van der Waals surface area contributed by atoms with Crippen LogP contribution >= 0.6 is 0 Å². The summed E-state index contributed by atoms with van der Waals surface area (Å²) >= 11 is 0. The van der Waals surface area contributed by atoms with Gasteiger partial charge in [0.15, 0.2) is 0 Å². The highest BCUT2D eigenvalue weighted by Crippen LogP contribution is 2.09. The molecule has 1 N–H and O–H groups in total. The summed E-state index contributed by atoms with van der Waals surface area (Å²) in [5, 5.41) is 3.06. The van der Waals surface area contributed by atoms with Crippen LogP contribution in [0.3, 0.4) is 0 Å². The molecule has 4 heteroatoms. The van der Waals surface area contributed by atoms with E-state index in [4.69, 9.17) is 0 Å². The van der Waals surface area contributed by atoms with Crippen LogP contribution in [-0.4, -0.2) is 60.5 Å². The maximum atomic E-state index is 11.7. The Morgan fingerprint density at radius 1 is 1.29 bits per heavy atom. The third-order valence-corrected chi connectivity index (χ3v) is 3.06. The number of carbonyl (C=O) groups excluding carboxylic acids is 1. The molecule has 2 saturated heterocycles. The van der Waals surface area contributed by atoms with Crippen LogP contribution in [0.2, 0.25) is 0 Å². The molecule has 2 rings (SSSR count). The molecular weight excluding hydrogens is 178 g/mol. The Hall–Kier alpha value is -0.610. The molecule has 2 aliphatic heterocycles. The van der Waals surface area contributed by atoms with Gasteiger partial charge in [0.2, 0.25) is 5.91 Å². The number of nitrogens with zero attached hydrogens (tertiary/aromatic N) is 2. The van der Waals surface area contributed by atoms with Gasteiger partial charge in [-0.1, -0.05) is 0 Å². The predicted octanol–water partition coefficient (Wildman–Crippen LogP) is -0.489. The van der Waals surface area contributed by atoms with Crippen LogP contribution in [0, 0.1) is 0 Å². The van der Waals surface area contributed by atoms with Crippen LogP contribution in [0.25, 0.3) is 0 Å². The molecule has 0 spiro atoms. The van der Waals surface area contributed by atoms with Gasteiger partial charge < -0.3 is 10.2 Å². The lowest BCUT2D eigenvalue weighted by atomic mass is 10.2. The summed E-state index contributed by atoms with van der Waals surface area (Å²) in [7, 11) is 0. The van der Waals surface area contributed by atoms with Crippen LogP contribution in [0.5, 0.6) is 0 Å². The Morgan fingerprint density at radius 3 is 2.29 bits per heavy atom. The van der Waals surface area contributed by atoms with Crippen molar-refractivity contribution in [2.24, 2.45) is 0 Å². The summed E-state index contributed by atoms with van der Waals surface area (Å²) in [6, 6.07) is 0.743. The van der Waals surface area contributed by atoms with Crippen molar-refractivity contribution in [2.75, 3.05) is 32.7 Å². The topological polar surface area (TPSA) is 45.5 Å². The highest BCUT2D eigenvalue weighted by Gasteiger charge is 2.34. The van der Waals surface area contributed by atoms with Crippen molar-refractivity contribution in [3.63, 3.8) is 0 Å². The van der Waals surface area contributed by atoms with Gasteiger partial charge in [-0.15, -0.1) is 0 Å². The molecule has 0 aromatic rings. The molecule has 80 valence electrons. The third-order valence-electron chi connectivity index (χ3n) is 3.06. The molecule has 4 nitrogen and oxygen atoms in total. The minimum atomic E-state index is 0.139. The number of hydrogen-bond donors (Lipinski definition) is 1. The molecule has 2 fully saturated rings. The van der Waals surface area contributed by atoms with Crippen molar-refractivity contribution in [3.05, 3.63) is 0 Å². The van der Waals surface area contributed by atoms with Gasteiger partial charge in [-0.25, -0.2) is 0 Å². The number of piperazine rings is 1. The van der Waals surface area contributed by atoms with Gasteiger partial charge >= 0.3 is 0 Å². The van der Waals surface area contributed by atoms with Crippen molar-refractivity contribution < 1.29 is 4.79 Å². The van der Waals surface area contributed by atoms with Crippen molar-refractivity contribution in [1.82, 2.24) is 15.1 Å². The average molecular weight is 197 g/mol. The molecule has 14 heavy (non-hydrogen) atoms. The molecule has 0 aliphatic carbocycles. The zero-order chi connectivity index (χ0) is 10.1. The molecule has 1 unspecified atom stereocenters. The van der Waals surface area contributed by atoms with E-state index in [-0.39, 0.29) is 6.04 Å². The highest BCUT2D eigenvalue weighted by atomic mass is 16.2. The van der Waals surface area contributed by atoms with Gasteiger partial charge in [0.1, 0.15) is 0 Å². The van der Waals surface area contributed by atoms with Crippen molar-refractivity contribution >= 4 is 5.91 Å². The van der Waals surface area contributed by atoms with Crippen molar-refractivity contribution in [1.29, 1.82) is 0 Å². The normalized spacial score (nSPS) is 28.2. The molecule has 2 aliphatic rings. The highest BCUT2D eigenvalue weighted by molar-refractivity contribution is 5.84. The lowest BCUT2D eigenvalue weighted by molar-refractivity contribution is -0.132. The average Bonchev–Trinajstić information content (AvgIpc) is 3.00. The summed E-state index contributed by atoms with van der Waals surface area (Å²) < 4.78 is 0. The lowest BCUT2D eigenvalue weighted by Crippen LogP contribution is -2.52. The Morgan fingerprint density at radius 2 is 1.86 bits per heavy atom. The largest absolute Gasteiger partial charge is 0.339 e.